The molecule has 5 heteroatoms. The zero-order valence-corrected chi connectivity index (χ0v) is 12.7. The van der Waals surface area contributed by atoms with Crippen molar-refractivity contribution in [2.24, 2.45) is 0 Å². The molecule has 0 atom stereocenters. The Morgan fingerprint density at radius 3 is 2.73 bits per heavy atom. The normalized spacial score (nSPS) is 11.2. The van der Waals surface area contributed by atoms with Crippen molar-refractivity contribution in [3.8, 4) is 11.4 Å². The lowest BCUT2D eigenvalue weighted by molar-refractivity contribution is -0.116. The Kier molecular flexibility index (Phi) is 5.54. The van der Waals surface area contributed by atoms with Gasteiger partial charge in [0.05, 0.1) is 25.0 Å². The zero-order chi connectivity index (χ0) is 15.8. The summed E-state index contributed by atoms with van der Waals surface area (Å²) < 4.78 is 6.89. The van der Waals surface area contributed by atoms with Gasteiger partial charge in [-0.3, -0.25) is 4.79 Å². The predicted octanol–water partition coefficient (Wildman–Crippen LogP) is 2.63. The van der Waals surface area contributed by atoms with Gasteiger partial charge in [-0.1, -0.05) is 18.2 Å². The summed E-state index contributed by atoms with van der Waals surface area (Å²) in [6, 6.07) is 9.48. The van der Waals surface area contributed by atoms with E-state index >= 15 is 0 Å². The van der Waals surface area contributed by atoms with Gasteiger partial charge in [-0.15, -0.1) is 0 Å². The highest BCUT2D eigenvalue weighted by atomic mass is 16.5. The molecule has 1 aromatic carbocycles. The van der Waals surface area contributed by atoms with Crippen molar-refractivity contribution in [3.63, 3.8) is 0 Å². The number of hydrogen-bond acceptors (Lipinski definition) is 3. The molecule has 0 spiro atoms. The van der Waals surface area contributed by atoms with E-state index in [1.54, 1.807) is 23.9 Å². The second-order valence-corrected chi connectivity index (χ2v) is 4.55. The number of nitrogens with one attached hydrogen (secondary N) is 1. The van der Waals surface area contributed by atoms with Gasteiger partial charge in [0.1, 0.15) is 5.75 Å². The molecular formula is C17H19N3O2. The van der Waals surface area contributed by atoms with Crippen molar-refractivity contribution in [2.45, 2.75) is 13.5 Å². The lowest BCUT2D eigenvalue weighted by Gasteiger charge is -2.03. The molecule has 1 amide bonds. The van der Waals surface area contributed by atoms with E-state index in [1.807, 2.05) is 49.5 Å². The molecule has 0 aliphatic rings. The minimum absolute atomic E-state index is 0.142. The maximum Gasteiger partial charge on any atom is 0.244 e. The van der Waals surface area contributed by atoms with Crippen LogP contribution in [0.25, 0.3) is 5.69 Å². The number of rotatable bonds is 6. The predicted molar refractivity (Wildman–Crippen MR) is 85.9 cm³/mol. The average molecular weight is 297 g/mol. The Bertz CT molecular complexity index is 669. The van der Waals surface area contributed by atoms with Gasteiger partial charge in [-0.05, 0) is 37.3 Å². The molecule has 5 nitrogen and oxygen atoms in total. The van der Waals surface area contributed by atoms with E-state index in [-0.39, 0.29) is 5.91 Å². The summed E-state index contributed by atoms with van der Waals surface area (Å²) >= 11 is 0. The molecule has 0 bridgehead atoms. The second kappa shape index (κ2) is 7.83. The highest BCUT2D eigenvalue weighted by Crippen LogP contribution is 2.14. The molecule has 0 radical (unpaired) electrons. The second-order valence-electron chi connectivity index (χ2n) is 4.55. The van der Waals surface area contributed by atoms with Crippen LogP contribution < -0.4 is 10.1 Å². The molecule has 0 aliphatic heterocycles. The maximum atomic E-state index is 11.6. The van der Waals surface area contributed by atoms with Crippen molar-refractivity contribution in [1.82, 2.24) is 15.1 Å². The third kappa shape index (κ3) is 4.34. The fourth-order valence-corrected chi connectivity index (χ4v) is 1.83. The van der Waals surface area contributed by atoms with Gasteiger partial charge in [0, 0.05) is 12.3 Å². The van der Waals surface area contributed by atoms with Crippen LogP contribution in [0.15, 0.2) is 60.8 Å². The smallest absolute Gasteiger partial charge is 0.244 e. The van der Waals surface area contributed by atoms with Gasteiger partial charge in [0.2, 0.25) is 5.91 Å². The minimum atomic E-state index is -0.142. The van der Waals surface area contributed by atoms with Crippen LogP contribution in [-0.2, 0) is 11.3 Å². The fraction of sp³-hybridized carbons (Fsp3) is 0.176. The molecule has 114 valence electrons. The number of ether oxygens (including phenoxy) is 1. The van der Waals surface area contributed by atoms with Crippen LogP contribution >= 0.6 is 0 Å². The Labute approximate surface area is 129 Å². The fourth-order valence-electron chi connectivity index (χ4n) is 1.83. The lowest BCUT2D eigenvalue weighted by Crippen LogP contribution is -2.20. The summed E-state index contributed by atoms with van der Waals surface area (Å²) in [5.74, 6) is 0.661. The van der Waals surface area contributed by atoms with E-state index in [9.17, 15) is 4.79 Å². The van der Waals surface area contributed by atoms with Gasteiger partial charge in [-0.2, -0.15) is 5.10 Å². The molecule has 0 aliphatic carbocycles. The summed E-state index contributed by atoms with van der Waals surface area (Å²) in [7, 11) is 1.63. The molecule has 1 N–H and O–H groups in total. The molecule has 1 aromatic heterocycles. The van der Waals surface area contributed by atoms with Gasteiger partial charge in [-0.25, -0.2) is 4.68 Å². The topological polar surface area (TPSA) is 56.2 Å². The first-order valence-corrected chi connectivity index (χ1v) is 6.99. The van der Waals surface area contributed by atoms with E-state index in [0.717, 1.165) is 17.1 Å². The molecule has 0 saturated heterocycles. The van der Waals surface area contributed by atoms with Gasteiger partial charge < -0.3 is 10.1 Å². The molecule has 1 heterocycles. The number of hydrogen-bond donors (Lipinski definition) is 1. The summed E-state index contributed by atoms with van der Waals surface area (Å²) in [5.41, 5.74) is 1.73. The zero-order valence-electron chi connectivity index (χ0n) is 12.7. The van der Waals surface area contributed by atoms with Crippen molar-refractivity contribution >= 4 is 5.91 Å². The number of aromatic nitrogens is 2. The van der Waals surface area contributed by atoms with E-state index in [4.69, 9.17) is 4.74 Å². The Morgan fingerprint density at radius 2 is 2.05 bits per heavy atom. The van der Waals surface area contributed by atoms with Crippen LogP contribution in [0.1, 0.15) is 12.6 Å². The average Bonchev–Trinajstić information content (AvgIpc) is 3.02. The first kappa shape index (κ1) is 15.6. The van der Waals surface area contributed by atoms with Crippen LogP contribution in [0.3, 0.4) is 0 Å². The van der Waals surface area contributed by atoms with Crippen LogP contribution in [0.2, 0.25) is 0 Å². The van der Waals surface area contributed by atoms with Crippen molar-refractivity contribution < 1.29 is 9.53 Å². The van der Waals surface area contributed by atoms with Crippen molar-refractivity contribution in [2.75, 3.05) is 7.11 Å². The molecular weight excluding hydrogens is 278 g/mol. The largest absolute Gasteiger partial charge is 0.497 e. The van der Waals surface area contributed by atoms with E-state index in [1.165, 1.54) is 6.08 Å². The third-order valence-electron chi connectivity index (χ3n) is 2.98. The molecule has 22 heavy (non-hydrogen) atoms. The van der Waals surface area contributed by atoms with E-state index < -0.39 is 0 Å². The summed E-state index contributed by atoms with van der Waals surface area (Å²) in [6.45, 7) is 2.29. The molecule has 0 unspecified atom stereocenters. The Hall–Kier alpha value is -2.82. The summed E-state index contributed by atoms with van der Waals surface area (Å²) in [6.07, 6.45) is 8.71. The number of allylic oxidation sites excluding steroid dienone is 3. The summed E-state index contributed by atoms with van der Waals surface area (Å²) in [5, 5.41) is 7.21. The minimum Gasteiger partial charge on any atom is -0.497 e. The summed E-state index contributed by atoms with van der Waals surface area (Å²) in [4.78, 5) is 11.6. The molecule has 2 rings (SSSR count). The number of carbonyl (C=O) groups excluding carboxylic acids is 1. The van der Waals surface area contributed by atoms with Crippen LogP contribution in [0.5, 0.6) is 5.75 Å². The quantitative estimate of drug-likeness (QED) is 0.658. The highest BCUT2D eigenvalue weighted by Gasteiger charge is 2.03. The van der Waals surface area contributed by atoms with Gasteiger partial charge in [0.15, 0.2) is 0 Å². The van der Waals surface area contributed by atoms with Crippen molar-refractivity contribution in [1.29, 1.82) is 0 Å². The standard InChI is InChI=1S/C17H19N3O2/c1-3-4-5-6-17(21)18-13-14-11-12-20(19-14)15-7-9-16(22-2)10-8-15/h3-12H,13H2,1-2H3,(H,18,21)/b4-3+,6-5-. The Morgan fingerprint density at radius 1 is 1.27 bits per heavy atom. The third-order valence-corrected chi connectivity index (χ3v) is 2.98. The number of carbonyl (C=O) groups is 1. The van der Waals surface area contributed by atoms with E-state index in [2.05, 4.69) is 10.4 Å². The van der Waals surface area contributed by atoms with Crippen LogP contribution in [0.4, 0.5) is 0 Å². The van der Waals surface area contributed by atoms with Gasteiger partial charge >= 0.3 is 0 Å². The Balaban J connectivity index is 1.94. The van der Waals surface area contributed by atoms with E-state index in [0.29, 0.717) is 6.54 Å². The molecule has 0 fully saturated rings. The maximum absolute atomic E-state index is 11.6. The number of nitrogens with zero attached hydrogens (tertiary/aromatic N) is 2. The number of amides is 1. The van der Waals surface area contributed by atoms with Crippen LogP contribution in [0, 0.1) is 0 Å². The molecule has 2 aromatic rings. The monoisotopic (exact) mass is 297 g/mol. The lowest BCUT2D eigenvalue weighted by atomic mass is 10.3. The van der Waals surface area contributed by atoms with Crippen molar-refractivity contribution in [3.05, 3.63) is 66.5 Å². The SMILES string of the molecule is C/C=C/C=C\C(=O)NCc1ccn(-c2ccc(OC)cc2)n1. The molecule has 0 saturated carbocycles. The van der Waals surface area contributed by atoms with Gasteiger partial charge in [0.25, 0.3) is 0 Å². The number of methoxy groups -OCH3 is 1. The highest BCUT2D eigenvalue weighted by molar-refractivity contribution is 5.87. The first-order chi connectivity index (χ1) is 10.7. The first-order valence-electron chi connectivity index (χ1n) is 6.99. The number of benzene rings is 1. The van der Waals surface area contributed by atoms with Crippen LogP contribution in [-0.4, -0.2) is 22.8 Å².